The molecule has 3 aromatic carbocycles. The Labute approximate surface area is 214 Å². The van der Waals surface area contributed by atoms with Crippen molar-refractivity contribution in [3.8, 4) is 5.75 Å². The molecule has 0 aliphatic carbocycles. The van der Waals surface area contributed by atoms with Crippen molar-refractivity contribution in [2.24, 2.45) is 7.05 Å². The number of hydrogen-bond donors (Lipinski definition) is 1. The van der Waals surface area contributed by atoms with Gasteiger partial charge in [0.15, 0.2) is 11.1 Å². The highest BCUT2D eigenvalue weighted by atomic mass is 32.2. The third-order valence-corrected chi connectivity index (χ3v) is 7.39. The third-order valence-electron chi connectivity index (χ3n) is 6.77. The SMILES string of the molecule is Cn1ccnc1C(CS(=O)O)c1ccc(OCc2ccc(CN3CCCc4ccccc43)cc2)cc1. The minimum absolute atomic E-state index is 0.0976. The number of rotatable bonds is 9. The molecule has 1 N–H and O–H groups in total. The van der Waals surface area contributed by atoms with Crippen molar-refractivity contribution in [2.75, 3.05) is 17.2 Å². The van der Waals surface area contributed by atoms with Crippen molar-refractivity contribution in [1.29, 1.82) is 0 Å². The van der Waals surface area contributed by atoms with Gasteiger partial charge in [0.2, 0.25) is 0 Å². The highest BCUT2D eigenvalue weighted by Gasteiger charge is 2.21. The van der Waals surface area contributed by atoms with Gasteiger partial charge in [-0.15, -0.1) is 0 Å². The maximum absolute atomic E-state index is 11.6. The quantitative estimate of drug-likeness (QED) is 0.315. The van der Waals surface area contributed by atoms with E-state index in [1.807, 2.05) is 42.1 Å². The summed E-state index contributed by atoms with van der Waals surface area (Å²) in [5.74, 6) is 1.36. The molecule has 1 aliphatic rings. The zero-order chi connectivity index (χ0) is 24.9. The molecule has 0 saturated heterocycles. The summed E-state index contributed by atoms with van der Waals surface area (Å²) in [5, 5.41) is 0. The van der Waals surface area contributed by atoms with Gasteiger partial charge in [0.25, 0.3) is 0 Å². The number of hydrogen-bond acceptors (Lipinski definition) is 4. The van der Waals surface area contributed by atoms with Crippen LogP contribution in [0.2, 0.25) is 0 Å². The minimum atomic E-state index is -1.93. The van der Waals surface area contributed by atoms with Gasteiger partial charge in [-0.1, -0.05) is 54.6 Å². The average Bonchev–Trinajstić information content (AvgIpc) is 3.33. The number of ether oxygens (including phenoxy) is 1. The van der Waals surface area contributed by atoms with E-state index in [4.69, 9.17) is 4.74 Å². The summed E-state index contributed by atoms with van der Waals surface area (Å²) in [6.07, 6.45) is 5.91. The summed E-state index contributed by atoms with van der Waals surface area (Å²) >= 11 is -1.93. The number of nitrogens with zero attached hydrogens (tertiary/aromatic N) is 3. The number of benzene rings is 3. The van der Waals surface area contributed by atoms with Crippen LogP contribution in [0.3, 0.4) is 0 Å². The van der Waals surface area contributed by atoms with Crippen molar-refractivity contribution >= 4 is 16.8 Å². The molecule has 7 heteroatoms. The number of anilines is 1. The van der Waals surface area contributed by atoms with Crippen LogP contribution in [0.5, 0.6) is 5.75 Å². The molecule has 0 fully saturated rings. The number of aromatic nitrogens is 2. The van der Waals surface area contributed by atoms with Crippen LogP contribution in [0.4, 0.5) is 5.69 Å². The Bertz CT molecular complexity index is 1320. The van der Waals surface area contributed by atoms with Crippen LogP contribution in [0, 0.1) is 0 Å². The lowest BCUT2D eigenvalue weighted by Gasteiger charge is -2.31. The predicted octanol–water partition coefficient (Wildman–Crippen LogP) is 5.31. The fourth-order valence-electron chi connectivity index (χ4n) is 4.88. The van der Waals surface area contributed by atoms with E-state index in [0.717, 1.165) is 42.2 Å². The zero-order valence-corrected chi connectivity index (χ0v) is 21.2. The smallest absolute Gasteiger partial charge is 0.153 e. The van der Waals surface area contributed by atoms with Crippen LogP contribution < -0.4 is 9.64 Å². The molecule has 6 nitrogen and oxygen atoms in total. The van der Waals surface area contributed by atoms with Gasteiger partial charge in [0.05, 0.1) is 11.7 Å². The standard InChI is InChI=1S/C29H31N3O3S/c1-31-18-16-30-29(31)27(21-36(33)34)24-12-14-26(15-13-24)35-20-23-10-8-22(9-11-23)19-32-17-4-6-25-5-2-3-7-28(25)32/h2-3,5,7-16,18,27H,4,6,17,19-21H2,1H3,(H,33,34). The summed E-state index contributed by atoms with van der Waals surface area (Å²) in [4.78, 5) is 6.85. The molecule has 186 valence electrons. The summed E-state index contributed by atoms with van der Waals surface area (Å²) < 4.78 is 29.0. The van der Waals surface area contributed by atoms with Gasteiger partial charge in [-0.25, -0.2) is 9.19 Å². The van der Waals surface area contributed by atoms with Gasteiger partial charge >= 0.3 is 0 Å². The third kappa shape index (κ3) is 5.69. The lowest BCUT2D eigenvalue weighted by atomic mass is 10.00. The van der Waals surface area contributed by atoms with E-state index in [9.17, 15) is 8.76 Å². The Hall–Kier alpha value is -3.42. The largest absolute Gasteiger partial charge is 0.489 e. The number of aryl methyl sites for hydroxylation is 2. The first-order valence-corrected chi connectivity index (χ1v) is 13.5. The highest BCUT2D eigenvalue weighted by molar-refractivity contribution is 7.79. The van der Waals surface area contributed by atoms with Crippen LogP contribution in [0.25, 0.3) is 0 Å². The van der Waals surface area contributed by atoms with Gasteiger partial charge in [0, 0.05) is 38.2 Å². The van der Waals surface area contributed by atoms with Gasteiger partial charge in [-0.3, -0.25) is 0 Å². The second-order valence-electron chi connectivity index (χ2n) is 9.27. The van der Waals surface area contributed by atoms with Gasteiger partial charge in [-0.05, 0) is 53.3 Å². The van der Waals surface area contributed by atoms with E-state index >= 15 is 0 Å². The monoisotopic (exact) mass is 501 g/mol. The van der Waals surface area contributed by atoms with E-state index in [0.29, 0.717) is 6.61 Å². The lowest BCUT2D eigenvalue weighted by molar-refractivity contribution is 0.306. The van der Waals surface area contributed by atoms with Gasteiger partial charge < -0.3 is 18.8 Å². The first kappa shape index (κ1) is 24.3. The van der Waals surface area contributed by atoms with Crippen molar-refractivity contribution in [3.63, 3.8) is 0 Å². The molecule has 0 spiro atoms. The molecule has 4 aromatic rings. The van der Waals surface area contributed by atoms with E-state index in [1.54, 1.807) is 6.20 Å². The summed E-state index contributed by atoms with van der Waals surface area (Å²) in [6.45, 7) is 2.48. The molecule has 0 saturated carbocycles. The highest BCUT2D eigenvalue weighted by Crippen LogP contribution is 2.29. The first-order valence-electron chi connectivity index (χ1n) is 12.2. The molecule has 36 heavy (non-hydrogen) atoms. The summed E-state index contributed by atoms with van der Waals surface area (Å²) in [6, 6.07) is 25.1. The Morgan fingerprint density at radius 3 is 2.50 bits per heavy atom. The van der Waals surface area contributed by atoms with Crippen molar-refractivity contribution in [2.45, 2.75) is 31.9 Å². The van der Waals surface area contributed by atoms with Crippen LogP contribution in [0.15, 0.2) is 85.2 Å². The number of fused-ring (bicyclic) bond motifs is 1. The van der Waals surface area contributed by atoms with E-state index in [2.05, 4.69) is 58.4 Å². The molecule has 1 aromatic heterocycles. The fraction of sp³-hybridized carbons (Fsp3) is 0.276. The van der Waals surface area contributed by atoms with E-state index < -0.39 is 11.1 Å². The van der Waals surface area contributed by atoms with Crippen molar-refractivity contribution in [3.05, 3.63) is 113 Å². The fourth-order valence-corrected chi connectivity index (χ4v) is 5.50. The lowest BCUT2D eigenvalue weighted by Crippen LogP contribution is -2.28. The normalized spacial score (nSPS) is 14.8. The molecule has 2 unspecified atom stereocenters. The van der Waals surface area contributed by atoms with Crippen molar-refractivity contribution < 1.29 is 13.5 Å². The van der Waals surface area contributed by atoms with Crippen LogP contribution in [-0.2, 0) is 37.7 Å². The Balaban J connectivity index is 1.20. The topological polar surface area (TPSA) is 67.6 Å². The van der Waals surface area contributed by atoms with Crippen LogP contribution in [0.1, 0.15) is 40.4 Å². The summed E-state index contributed by atoms with van der Waals surface area (Å²) in [7, 11) is 1.89. The molecule has 0 bridgehead atoms. The molecule has 1 aliphatic heterocycles. The second-order valence-corrected chi connectivity index (χ2v) is 10.2. The maximum atomic E-state index is 11.6. The number of para-hydroxylation sites is 1. The van der Waals surface area contributed by atoms with Crippen LogP contribution >= 0.6 is 0 Å². The Kier molecular flexibility index (Phi) is 7.49. The van der Waals surface area contributed by atoms with Crippen LogP contribution in [-0.4, -0.2) is 30.6 Å². The van der Waals surface area contributed by atoms with E-state index in [-0.39, 0.29) is 11.7 Å². The van der Waals surface area contributed by atoms with Gasteiger partial charge in [-0.2, -0.15) is 0 Å². The molecular formula is C29H31N3O3S. The summed E-state index contributed by atoms with van der Waals surface area (Å²) in [5.41, 5.74) is 6.14. The molecule has 0 radical (unpaired) electrons. The predicted molar refractivity (Wildman–Crippen MR) is 144 cm³/mol. The Morgan fingerprint density at radius 2 is 1.78 bits per heavy atom. The molecule has 2 atom stereocenters. The molecule has 5 rings (SSSR count). The minimum Gasteiger partial charge on any atom is -0.489 e. The van der Waals surface area contributed by atoms with Crippen molar-refractivity contribution in [1.82, 2.24) is 9.55 Å². The molecule has 0 amide bonds. The zero-order valence-electron chi connectivity index (χ0n) is 20.4. The number of imidazole rings is 1. The molecular weight excluding hydrogens is 470 g/mol. The maximum Gasteiger partial charge on any atom is 0.153 e. The Morgan fingerprint density at radius 1 is 1.03 bits per heavy atom. The first-order chi connectivity index (χ1) is 17.6. The molecule has 2 heterocycles. The van der Waals surface area contributed by atoms with E-state index in [1.165, 1.54) is 23.2 Å². The second kappa shape index (κ2) is 11.1. The average molecular weight is 502 g/mol. The van der Waals surface area contributed by atoms with Gasteiger partial charge in [0.1, 0.15) is 18.2 Å².